The summed E-state index contributed by atoms with van der Waals surface area (Å²) in [5, 5.41) is 17.4. The highest BCUT2D eigenvalue weighted by Gasteiger charge is 2.14. The molecular weight excluding hydrogens is 130 g/mol. The molecule has 0 aromatic heterocycles. The molecule has 0 saturated heterocycles. The third-order valence-corrected chi connectivity index (χ3v) is 1.32. The molecule has 0 aliphatic heterocycles. The molecule has 0 atom stereocenters. The van der Waals surface area contributed by atoms with Crippen molar-refractivity contribution in [2.75, 3.05) is 33.8 Å². The van der Waals surface area contributed by atoms with Gasteiger partial charge in [-0.3, -0.25) is 0 Å². The van der Waals surface area contributed by atoms with Crippen LogP contribution >= 0.6 is 0 Å². The van der Waals surface area contributed by atoms with Crippen molar-refractivity contribution in [1.29, 1.82) is 0 Å². The molecule has 0 radical (unpaired) electrons. The average Bonchev–Trinajstić information content (AvgIpc) is 1.59. The predicted octanol–water partition coefficient (Wildman–Crippen LogP) is 0.127. The summed E-state index contributed by atoms with van der Waals surface area (Å²) in [5.41, 5.74) is 0. The van der Waals surface area contributed by atoms with Crippen LogP contribution in [0.5, 0.6) is 0 Å². The quantitative estimate of drug-likeness (QED) is 0.437. The Morgan fingerprint density at radius 1 is 1.50 bits per heavy atom. The standard InChI is InChI=1S/C7H15NO2/c1-7(10)6-8(2,3)4-5-9/h9H,1,4-6H2,2-3H3/p+1. The number of hydrogen-bond donors (Lipinski definition) is 2. The molecule has 0 spiro atoms. The van der Waals surface area contributed by atoms with E-state index in [0.29, 0.717) is 17.6 Å². The van der Waals surface area contributed by atoms with Gasteiger partial charge in [0.25, 0.3) is 0 Å². The van der Waals surface area contributed by atoms with E-state index in [-0.39, 0.29) is 12.4 Å². The van der Waals surface area contributed by atoms with E-state index in [2.05, 4.69) is 6.58 Å². The largest absolute Gasteiger partial charge is 0.507 e. The smallest absolute Gasteiger partial charge is 0.139 e. The molecular formula is C7H16NO2+. The van der Waals surface area contributed by atoms with E-state index in [1.165, 1.54) is 0 Å². The van der Waals surface area contributed by atoms with Gasteiger partial charge in [0.2, 0.25) is 0 Å². The number of aliphatic hydroxyl groups excluding tert-OH is 2. The van der Waals surface area contributed by atoms with Crippen molar-refractivity contribution in [3.05, 3.63) is 12.3 Å². The van der Waals surface area contributed by atoms with E-state index in [4.69, 9.17) is 10.2 Å². The van der Waals surface area contributed by atoms with Crippen LogP contribution in [-0.2, 0) is 0 Å². The van der Waals surface area contributed by atoms with Gasteiger partial charge in [0, 0.05) is 0 Å². The first-order valence-corrected chi connectivity index (χ1v) is 3.27. The van der Waals surface area contributed by atoms with Gasteiger partial charge in [0.1, 0.15) is 18.8 Å². The summed E-state index contributed by atoms with van der Waals surface area (Å²) < 4.78 is 0.575. The molecule has 0 rings (SSSR count). The van der Waals surface area contributed by atoms with Crippen molar-refractivity contribution in [2.24, 2.45) is 0 Å². The second-order valence-corrected chi connectivity index (χ2v) is 3.11. The fourth-order valence-electron chi connectivity index (χ4n) is 0.844. The van der Waals surface area contributed by atoms with Crippen LogP contribution in [0.25, 0.3) is 0 Å². The molecule has 2 N–H and O–H groups in total. The van der Waals surface area contributed by atoms with Gasteiger partial charge in [0.15, 0.2) is 0 Å². The normalized spacial score (nSPS) is 11.5. The van der Waals surface area contributed by atoms with Crippen molar-refractivity contribution < 1.29 is 14.7 Å². The molecule has 0 aromatic rings. The molecule has 0 aliphatic rings. The van der Waals surface area contributed by atoms with Gasteiger partial charge in [-0.1, -0.05) is 6.58 Å². The van der Waals surface area contributed by atoms with E-state index in [1.54, 1.807) is 0 Å². The van der Waals surface area contributed by atoms with Crippen LogP contribution in [-0.4, -0.2) is 48.5 Å². The molecule has 0 fully saturated rings. The number of nitrogens with zero attached hydrogens (tertiary/aromatic N) is 1. The van der Waals surface area contributed by atoms with Gasteiger partial charge >= 0.3 is 0 Å². The van der Waals surface area contributed by atoms with E-state index < -0.39 is 0 Å². The first kappa shape index (κ1) is 9.46. The maximum Gasteiger partial charge on any atom is 0.139 e. The molecule has 0 amide bonds. The van der Waals surface area contributed by atoms with Crippen LogP contribution in [0, 0.1) is 0 Å². The highest BCUT2D eigenvalue weighted by Crippen LogP contribution is 1.98. The lowest BCUT2D eigenvalue weighted by Crippen LogP contribution is -2.43. The fourth-order valence-corrected chi connectivity index (χ4v) is 0.844. The fraction of sp³-hybridized carbons (Fsp3) is 0.714. The zero-order chi connectivity index (χ0) is 8.20. The molecule has 0 aliphatic carbocycles. The van der Waals surface area contributed by atoms with Crippen molar-refractivity contribution in [2.45, 2.75) is 0 Å². The summed E-state index contributed by atoms with van der Waals surface area (Å²) in [5.74, 6) is 0.165. The molecule has 10 heavy (non-hydrogen) atoms. The molecule has 0 unspecified atom stereocenters. The average molecular weight is 146 g/mol. The number of quaternary nitrogens is 1. The van der Waals surface area contributed by atoms with Gasteiger partial charge in [0.05, 0.1) is 20.7 Å². The summed E-state index contributed by atoms with van der Waals surface area (Å²) in [6.07, 6.45) is 0. The minimum absolute atomic E-state index is 0.139. The number of aliphatic hydroxyl groups is 2. The van der Waals surface area contributed by atoms with Crippen molar-refractivity contribution in [1.82, 2.24) is 0 Å². The summed E-state index contributed by atoms with van der Waals surface area (Å²) in [4.78, 5) is 0. The number of likely N-dealkylation sites (N-methyl/N-ethyl adjacent to an activating group) is 1. The van der Waals surface area contributed by atoms with Crippen molar-refractivity contribution in [3.63, 3.8) is 0 Å². The second-order valence-electron chi connectivity index (χ2n) is 3.11. The Balaban J connectivity index is 3.74. The van der Waals surface area contributed by atoms with Crippen LogP contribution in [0.4, 0.5) is 0 Å². The van der Waals surface area contributed by atoms with Crippen LogP contribution < -0.4 is 0 Å². The minimum atomic E-state index is 0.139. The van der Waals surface area contributed by atoms with Gasteiger partial charge in [-0.25, -0.2) is 0 Å². The molecule has 0 saturated carbocycles. The maximum absolute atomic E-state index is 8.82. The highest BCUT2D eigenvalue weighted by molar-refractivity contribution is 4.77. The third kappa shape index (κ3) is 4.35. The van der Waals surface area contributed by atoms with Gasteiger partial charge in [-0.15, -0.1) is 0 Å². The molecule has 3 heteroatoms. The topological polar surface area (TPSA) is 40.5 Å². The molecule has 3 nitrogen and oxygen atoms in total. The van der Waals surface area contributed by atoms with Crippen molar-refractivity contribution in [3.8, 4) is 0 Å². The van der Waals surface area contributed by atoms with Gasteiger partial charge in [-0.05, 0) is 0 Å². The highest BCUT2D eigenvalue weighted by atomic mass is 16.3. The number of hydrogen-bond acceptors (Lipinski definition) is 2. The van der Waals surface area contributed by atoms with E-state index >= 15 is 0 Å². The van der Waals surface area contributed by atoms with E-state index in [0.717, 1.165) is 0 Å². The Labute approximate surface area is 61.8 Å². The molecule has 60 valence electrons. The zero-order valence-electron chi connectivity index (χ0n) is 6.67. The Bertz CT molecular complexity index is 121. The van der Waals surface area contributed by atoms with Crippen LogP contribution in [0.1, 0.15) is 0 Å². The maximum atomic E-state index is 8.82. The lowest BCUT2D eigenvalue weighted by molar-refractivity contribution is -0.887. The molecule has 0 aromatic carbocycles. The second kappa shape index (κ2) is 3.58. The summed E-state index contributed by atoms with van der Waals surface area (Å²) in [7, 11) is 3.86. The van der Waals surface area contributed by atoms with Crippen LogP contribution in [0.2, 0.25) is 0 Å². The summed E-state index contributed by atoms with van der Waals surface area (Å²) in [6, 6.07) is 0. The predicted molar refractivity (Wildman–Crippen MR) is 40.7 cm³/mol. The number of rotatable bonds is 4. The summed E-state index contributed by atoms with van der Waals surface area (Å²) >= 11 is 0. The van der Waals surface area contributed by atoms with Crippen LogP contribution in [0.3, 0.4) is 0 Å². The van der Waals surface area contributed by atoms with Gasteiger partial charge in [-0.2, -0.15) is 0 Å². The Kier molecular flexibility index (Phi) is 3.39. The van der Waals surface area contributed by atoms with Gasteiger partial charge < -0.3 is 14.7 Å². The van der Waals surface area contributed by atoms with E-state index in [9.17, 15) is 0 Å². The first-order chi connectivity index (χ1) is 4.48. The Hall–Kier alpha value is -0.540. The van der Waals surface area contributed by atoms with Crippen molar-refractivity contribution >= 4 is 0 Å². The zero-order valence-corrected chi connectivity index (χ0v) is 6.67. The first-order valence-electron chi connectivity index (χ1n) is 3.27. The summed E-state index contributed by atoms with van der Waals surface area (Å²) in [6.45, 7) is 4.66. The van der Waals surface area contributed by atoms with Crippen LogP contribution in [0.15, 0.2) is 12.3 Å². The minimum Gasteiger partial charge on any atom is -0.507 e. The lowest BCUT2D eigenvalue weighted by atomic mass is 10.4. The molecule has 0 bridgehead atoms. The molecule has 0 heterocycles. The van der Waals surface area contributed by atoms with E-state index in [1.807, 2.05) is 14.1 Å². The Morgan fingerprint density at radius 2 is 2.00 bits per heavy atom. The SMILES string of the molecule is C=C(O)C[N+](C)(C)CCO. The lowest BCUT2D eigenvalue weighted by Gasteiger charge is -2.27. The Morgan fingerprint density at radius 3 is 2.30 bits per heavy atom. The monoisotopic (exact) mass is 146 g/mol. The third-order valence-electron chi connectivity index (χ3n) is 1.32.